The van der Waals surface area contributed by atoms with E-state index < -0.39 is 5.97 Å². The van der Waals surface area contributed by atoms with Gasteiger partial charge in [0.05, 0.1) is 36.4 Å². The van der Waals surface area contributed by atoms with E-state index in [-0.39, 0.29) is 48.2 Å². The maximum atomic E-state index is 12.7. The number of hydrogen-bond acceptors (Lipinski definition) is 4. The van der Waals surface area contributed by atoms with Crippen LogP contribution in [0.5, 0.6) is 5.75 Å². The van der Waals surface area contributed by atoms with Crippen LogP contribution in [0.15, 0.2) is 21.3 Å². The zero-order chi connectivity index (χ0) is 24.5. The summed E-state index contributed by atoms with van der Waals surface area (Å²) in [5.41, 5.74) is 0.386. The van der Waals surface area contributed by atoms with Gasteiger partial charge in [-0.3, -0.25) is 4.79 Å². The van der Waals surface area contributed by atoms with Gasteiger partial charge in [-0.15, -0.1) is 0 Å². The van der Waals surface area contributed by atoms with Gasteiger partial charge in [-0.1, -0.05) is 46.4 Å². The Morgan fingerprint density at radius 1 is 0.848 bits per heavy atom. The number of aromatic hydroxyl groups is 1. The molecule has 170 valence electrons. The van der Waals surface area contributed by atoms with E-state index in [4.69, 9.17) is 50.8 Å². The maximum absolute atomic E-state index is 12.7. The van der Waals surface area contributed by atoms with Crippen molar-refractivity contribution < 1.29 is 19.4 Å². The first-order chi connectivity index (χ1) is 15.4. The largest absolute Gasteiger partial charge is 0.506 e. The Morgan fingerprint density at radius 2 is 1.45 bits per heavy atom. The molecule has 2 N–H and O–H groups in total. The zero-order valence-corrected chi connectivity index (χ0v) is 27.0. The fraction of sp³-hybridized carbons (Fsp3) is 0. The van der Waals surface area contributed by atoms with Crippen molar-refractivity contribution >= 4 is 154 Å². The van der Waals surface area contributed by atoms with Crippen molar-refractivity contribution in [3.8, 4) is 28.2 Å². The number of carbonyl (C=O) groups is 1. The Hall–Kier alpha value is 0.480. The van der Waals surface area contributed by atoms with Gasteiger partial charge in [-0.05, 0) is 102 Å². The molecule has 0 aromatic heterocycles. The summed E-state index contributed by atoms with van der Waals surface area (Å²) in [6.07, 6.45) is 0. The van der Waals surface area contributed by atoms with Crippen LogP contribution in [0.2, 0.25) is 20.1 Å². The Bertz CT molecular complexity index is 1570. The molecule has 13 heteroatoms. The standard InChI is InChI=1S/C20H4Cl4I4O5/c21-11-9(10(20(31)32)12(22)14(24)13(11)23)7-3-1-4(25)18(30)16(28)19(3)33-6-2-5(26)17(29)15(27)8(6)7/h1-2,29H,(H,31,32). The second-order valence-electron chi connectivity index (χ2n) is 6.56. The summed E-state index contributed by atoms with van der Waals surface area (Å²) < 4.78 is 7.67. The smallest absolute Gasteiger partial charge is 0.337 e. The predicted octanol–water partition coefficient (Wildman–Crippen LogP) is 9.00. The molecule has 0 atom stereocenters. The van der Waals surface area contributed by atoms with Crippen molar-refractivity contribution in [2.75, 3.05) is 0 Å². The normalized spacial score (nSPS) is 11.5. The molecule has 1 aliphatic heterocycles. The van der Waals surface area contributed by atoms with Crippen LogP contribution < -0.4 is 5.43 Å². The van der Waals surface area contributed by atoms with E-state index in [9.17, 15) is 19.8 Å². The lowest BCUT2D eigenvalue weighted by molar-refractivity contribution is 0.0698. The molecule has 1 heterocycles. The molecule has 0 bridgehead atoms. The first-order valence-corrected chi connectivity index (χ1v) is 14.3. The number of benzene rings is 3. The fourth-order valence-electron chi connectivity index (χ4n) is 3.34. The molecule has 2 aliphatic rings. The number of carboxylic acid groups (broad SMARTS) is 1. The average molecular weight is 974 g/mol. The Kier molecular flexibility index (Phi) is 7.84. The molecule has 2 aromatic rings. The molecule has 33 heavy (non-hydrogen) atoms. The minimum absolute atomic E-state index is 0.00172. The molecule has 2 aromatic carbocycles. The first kappa shape index (κ1) is 26.5. The summed E-state index contributed by atoms with van der Waals surface area (Å²) in [4.78, 5) is 25.0. The Balaban J connectivity index is 2.44. The number of aromatic carboxylic acids is 1. The van der Waals surface area contributed by atoms with Crippen LogP contribution in [-0.2, 0) is 0 Å². The van der Waals surface area contributed by atoms with Gasteiger partial charge in [0.1, 0.15) is 14.9 Å². The van der Waals surface area contributed by atoms with Crippen LogP contribution in [0.25, 0.3) is 33.4 Å². The minimum Gasteiger partial charge on any atom is -0.506 e. The van der Waals surface area contributed by atoms with Crippen LogP contribution in [-0.4, -0.2) is 16.2 Å². The molecule has 0 saturated carbocycles. The predicted molar refractivity (Wildman–Crippen MR) is 164 cm³/mol. The highest BCUT2D eigenvalue weighted by Gasteiger charge is 2.32. The summed E-state index contributed by atoms with van der Waals surface area (Å²) >= 11 is 33.1. The van der Waals surface area contributed by atoms with Gasteiger partial charge in [0.2, 0.25) is 5.43 Å². The highest BCUT2D eigenvalue weighted by atomic mass is 127. The van der Waals surface area contributed by atoms with Gasteiger partial charge < -0.3 is 14.6 Å². The molecule has 0 amide bonds. The summed E-state index contributed by atoms with van der Waals surface area (Å²) in [5.74, 6) is -1.17. The number of phenols is 1. The molecule has 1 aliphatic carbocycles. The third kappa shape index (κ3) is 4.23. The lowest BCUT2D eigenvalue weighted by Gasteiger charge is -2.22. The summed E-state index contributed by atoms with van der Waals surface area (Å²) in [5, 5.41) is 20.3. The Labute approximate surface area is 260 Å². The average Bonchev–Trinajstić information content (AvgIpc) is 2.76. The number of fused-ring (bicyclic) bond motifs is 2. The van der Waals surface area contributed by atoms with E-state index in [0.29, 0.717) is 36.4 Å². The second kappa shape index (κ2) is 9.74. The molecule has 0 saturated heterocycles. The molecular formula is C20H4Cl4I4O5. The highest BCUT2D eigenvalue weighted by molar-refractivity contribution is 14.1. The van der Waals surface area contributed by atoms with Crippen LogP contribution in [0.4, 0.5) is 0 Å². The second-order valence-corrected chi connectivity index (χ2v) is 12.6. The lowest BCUT2D eigenvalue weighted by Crippen LogP contribution is -2.13. The van der Waals surface area contributed by atoms with E-state index in [1.165, 1.54) is 0 Å². The fourth-order valence-corrected chi connectivity index (χ4v) is 8.05. The van der Waals surface area contributed by atoms with E-state index in [2.05, 4.69) is 0 Å². The van der Waals surface area contributed by atoms with Gasteiger partial charge in [-0.2, -0.15) is 0 Å². The summed E-state index contributed by atoms with van der Waals surface area (Å²) in [7, 11) is 0. The van der Waals surface area contributed by atoms with Gasteiger partial charge in [0, 0.05) is 22.1 Å². The maximum Gasteiger partial charge on any atom is 0.337 e. The van der Waals surface area contributed by atoms with Gasteiger partial charge in [-0.25, -0.2) is 4.79 Å². The van der Waals surface area contributed by atoms with E-state index >= 15 is 0 Å². The van der Waals surface area contributed by atoms with Crippen molar-refractivity contribution in [2.45, 2.75) is 0 Å². The summed E-state index contributed by atoms with van der Waals surface area (Å²) in [6, 6.07) is 3.16. The van der Waals surface area contributed by atoms with Crippen molar-refractivity contribution in [1.29, 1.82) is 0 Å². The molecule has 4 rings (SSSR count). The number of hydrogen-bond donors (Lipinski definition) is 2. The van der Waals surface area contributed by atoms with Crippen LogP contribution in [0.1, 0.15) is 10.4 Å². The van der Waals surface area contributed by atoms with Crippen molar-refractivity contribution in [3.63, 3.8) is 0 Å². The van der Waals surface area contributed by atoms with Crippen LogP contribution >= 0.6 is 137 Å². The number of carboxylic acids is 1. The number of rotatable bonds is 2. The highest BCUT2D eigenvalue weighted by Crippen LogP contribution is 2.52. The van der Waals surface area contributed by atoms with Crippen molar-refractivity contribution in [1.82, 2.24) is 0 Å². The molecule has 0 unspecified atom stereocenters. The Morgan fingerprint density at radius 3 is 2.06 bits per heavy atom. The van der Waals surface area contributed by atoms with Crippen LogP contribution in [0, 0.1) is 14.3 Å². The third-order valence-electron chi connectivity index (χ3n) is 4.75. The number of halogens is 8. The number of phenolic OH excluding ortho intramolecular Hbond substituents is 1. The van der Waals surface area contributed by atoms with E-state index in [1.807, 2.05) is 90.4 Å². The molecule has 0 radical (unpaired) electrons. The summed E-state index contributed by atoms with van der Waals surface area (Å²) in [6.45, 7) is 0. The zero-order valence-electron chi connectivity index (χ0n) is 15.3. The lowest BCUT2D eigenvalue weighted by atomic mass is 9.90. The molecular weight excluding hydrogens is 970 g/mol. The quantitative estimate of drug-likeness (QED) is 0.0908. The third-order valence-corrected chi connectivity index (χ3v) is 10.2. The van der Waals surface area contributed by atoms with E-state index in [1.54, 1.807) is 12.1 Å². The molecule has 0 fully saturated rings. The molecule has 0 spiro atoms. The first-order valence-electron chi connectivity index (χ1n) is 8.43. The van der Waals surface area contributed by atoms with Crippen LogP contribution in [0.3, 0.4) is 0 Å². The monoisotopic (exact) mass is 971 g/mol. The minimum atomic E-state index is -1.38. The van der Waals surface area contributed by atoms with Gasteiger partial charge in [0.25, 0.3) is 0 Å². The van der Waals surface area contributed by atoms with Gasteiger partial charge >= 0.3 is 5.97 Å². The molecule has 5 nitrogen and oxygen atoms in total. The van der Waals surface area contributed by atoms with Crippen molar-refractivity contribution in [2.24, 2.45) is 0 Å². The topological polar surface area (TPSA) is 87.7 Å². The van der Waals surface area contributed by atoms with Gasteiger partial charge in [0.15, 0.2) is 5.76 Å². The van der Waals surface area contributed by atoms with Crippen molar-refractivity contribution in [3.05, 3.63) is 62.3 Å². The van der Waals surface area contributed by atoms with E-state index in [0.717, 1.165) is 0 Å². The SMILES string of the molecule is O=C(O)c1c(Cl)c(Cl)c(Cl)c(Cl)c1-c1c2cc(I)c(=O)c(I)c-2oc2cc(I)c(O)c(I)c12.